The number of benzene rings is 1. The predicted molar refractivity (Wildman–Crippen MR) is 120 cm³/mol. The van der Waals surface area contributed by atoms with E-state index in [0.717, 1.165) is 18.7 Å². The van der Waals surface area contributed by atoms with Crippen LogP contribution in [0.2, 0.25) is 0 Å². The van der Waals surface area contributed by atoms with Crippen molar-refractivity contribution >= 4 is 15.9 Å². The van der Waals surface area contributed by atoms with Gasteiger partial charge in [-0.3, -0.25) is 4.79 Å². The first-order valence-electron chi connectivity index (χ1n) is 11.2. The molecule has 33 heavy (non-hydrogen) atoms. The summed E-state index contributed by atoms with van der Waals surface area (Å²) in [6.07, 6.45) is 4.10. The van der Waals surface area contributed by atoms with E-state index in [0.29, 0.717) is 54.4 Å². The number of ether oxygens (including phenoxy) is 2. The van der Waals surface area contributed by atoms with Crippen molar-refractivity contribution in [3.63, 3.8) is 0 Å². The molecule has 11 heteroatoms. The van der Waals surface area contributed by atoms with Crippen LogP contribution >= 0.6 is 0 Å². The molecule has 1 fully saturated rings. The Morgan fingerprint density at radius 2 is 1.91 bits per heavy atom. The Hall–Kier alpha value is -2.50. The van der Waals surface area contributed by atoms with E-state index in [1.807, 2.05) is 4.57 Å². The second-order valence-corrected chi connectivity index (χ2v) is 10.5. The van der Waals surface area contributed by atoms with E-state index in [-0.39, 0.29) is 25.2 Å². The molecule has 1 atom stereocenters. The molecule has 1 aromatic heterocycles. The molecule has 1 aromatic carbocycles. The smallest absolute Gasteiger partial charge is 0.249 e. The zero-order chi connectivity index (χ0) is 23.6. The molecule has 2 aliphatic heterocycles. The second kappa shape index (κ2) is 9.78. The van der Waals surface area contributed by atoms with Gasteiger partial charge in [0.15, 0.2) is 5.82 Å². The quantitative estimate of drug-likeness (QED) is 0.595. The average molecular weight is 478 g/mol. The summed E-state index contributed by atoms with van der Waals surface area (Å²) in [5, 5.41) is 7.90. The van der Waals surface area contributed by atoms with E-state index in [1.54, 1.807) is 48.6 Å². The largest absolute Gasteiger partial charge is 0.497 e. The number of nitrogens with zero attached hydrogens (tertiary/aromatic N) is 5. The van der Waals surface area contributed by atoms with Crippen LogP contribution in [0.3, 0.4) is 0 Å². The monoisotopic (exact) mass is 477 g/mol. The molecule has 1 unspecified atom stereocenters. The van der Waals surface area contributed by atoms with E-state index in [2.05, 4.69) is 10.2 Å². The van der Waals surface area contributed by atoms with Crippen molar-refractivity contribution in [2.24, 2.45) is 0 Å². The van der Waals surface area contributed by atoms with Gasteiger partial charge in [-0.1, -0.05) is 6.42 Å². The first kappa shape index (κ1) is 23.7. The third-order valence-electron chi connectivity index (χ3n) is 6.34. The van der Waals surface area contributed by atoms with Crippen molar-refractivity contribution in [1.82, 2.24) is 24.0 Å². The summed E-state index contributed by atoms with van der Waals surface area (Å²) in [7, 11) is -2.15. The number of piperidine rings is 1. The highest BCUT2D eigenvalue weighted by Crippen LogP contribution is 2.32. The Bertz CT molecular complexity index is 1090. The van der Waals surface area contributed by atoms with Gasteiger partial charge in [0, 0.05) is 25.7 Å². The molecule has 180 valence electrons. The SMILES string of the molecule is COc1cc(C)c(S(=O)(=O)N2CCCCC2COCC(=O)N2CCn3cnnc3C2)c(C)c1. The molecular weight excluding hydrogens is 446 g/mol. The third-order valence-corrected chi connectivity index (χ3v) is 8.59. The minimum atomic E-state index is -3.71. The van der Waals surface area contributed by atoms with Crippen LogP contribution in [0, 0.1) is 13.8 Å². The standard InChI is InChI=1S/C22H31N5O5S/c1-16-10-19(31-3)11-17(2)22(16)33(29,30)27-7-5-4-6-18(27)13-32-14-21(28)25-8-9-26-15-23-24-20(26)12-25/h10-11,15,18H,4-9,12-14H2,1-3H3. The number of carbonyl (C=O) groups is 1. The van der Waals surface area contributed by atoms with E-state index in [9.17, 15) is 13.2 Å². The number of hydrogen-bond acceptors (Lipinski definition) is 7. The van der Waals surface area contributed by atoms with Gasteiger partial charge >= 0.3 is 0 Å². The number of methoxy groups -OCH3 is 1. The maximum absolute atomic E-state index is 13.6. The number of amides is 1. The van der Waals surface area contributed by atoms with E-state index in [1.165, 1.54) is 0 Å². The van der Waals surface area contributed by atoms with Crippen LogP contribution in [0.4, 0.5) is 0 Å². The van der Waals surface area contributed by atoms with Gasteiger partial charge in [0.1, 0.15) is 18.7 Å². The first-order chi connectivity index (χ1) is 15.8. The van der Waals surface area contributed by atoms with Crippen LogP contribution in [-0.4, -0.2) is 77.7 Å². The second-order valence-electron chi connectivity index (χ2n) is 8.63. The number of hydrogen-bond donors (Lipinski definition) is 0. The number of aromatic nitrogens is 3. The van der Waals surface area contributed by atoms with Gasteiger partial charge in [-0.25, -0.2) is 8.42 Å². The fraction of sp³-hybridized carbons (Fsp3) is 0.591. The molecule has 0 bridgehead atoms. The Labute approximate surface area is 194 Å². The molecule has 2 aliphatic rings. The van der Waals surface area contributed by atoms with Gasteiger partial charge in [0.25, 0.3) is 0 Å². The topological polar surface area (TPSA) is 107 Å². The van der Waals surface area contributed by atoms with Crippen molar-refractivity contribution in [1.29, 1.82) is 0 Å². The lowest BCUT2D eigenvalue weighted by atomic mass is 10.1. The van der Waals surface area contributed by atoms with Crippen LogP contribution in [0.25, 0.3) is 0 Å². The highest BCUT2D eigenvalue weighted by Gasteiger charge is 2.36. The van der Waals surface area contributed by atoms with Crippen molar-refractivity contribution in [3.05, 3.63) is 35.4 Å². The van der Waals surface area contributed by atoms with Crippen molar-refractivity contribution in [2.45, 2.75) is 57.1 Å². The Kier molecular flexibility index (Phi) is 7.01. The highest BCUT2D eigenvalue weighted by atomic mass is 32.2. The lowest BCUT2D eigenvalue weighted by Crippen LogP contribution is -2.47. The lowest BCUT2D eigenvalue weighted by Gasteiger charge is -2.35. The minimum absolute atomic E-state index is 0.0842. The number of sulfonamides is 1. The van der Waals surface area contributed by atoms with Crippen LogP contribution in [0.1, 0.15) is 36.2 Å². The summed E-state index contributed by atoms with van der Waals surface area (Å²) in [5.41, 5.74) is 1.32. The van der Waals surface area contributed by atoms with Crippen LogP contribution in [-0.2, 0) is 32.6 Å². The average Bonchev–Trinajstić information content (AvgIpc) is 3.26. The number of carbonyl (C=O) groups excluding carboxylic acids is 1. The molecule has 10 nitrogen and oxygen atoms in total. The van der Waals surface area contributed by atoms with Crippen molar-refractivity contribution < 1.29 is 22.7 Å². The fourth-order valence-electron chi connectivity index (χ4n) is 4.66. The molecule has 0 aliphatic carbocycles. The van der Waals surface area contributed by atoms with Crippen molar-refractivity contribution in [3.8, 4) is 5.75 Å². The maximum Gasteiger partial charge on any atom is 0.249 e. The number of fused-ring (bicyclic) bond motifs is 1. The Morgan fingerprint density at radius 3 is 2.64 bits per heavy atom. The van der Waals surface area contributed by atoms with Gasteiger partial charge in [-0.05, 0) is 49.9 Å². The molecule has 0 spiro atoms. The summed E-state index contributed by atoms with van der Waals surface area (Å²) in [5.74, 6) is 1.26. The molecule has 0 radical (unpaired) electrons. The molecule has 0 N–H and O–H groups in total. The number of aryl methyl sites for hydroxylation is 2. The van der Waals surface area contributed by atoms with Gasteiger partial charge in [-0.15, -0.1) is 10.2 Å². The van der Waals surface area contributed by atoms with E-state index in [4.69, 9.17) is 9.47 Å². The molecule has 3 heterocycles. The normalized spacial score (nSPS) is 19.4. The molecule has 1 saturated heterocycles. The zero-order valence-corrected chi connectivity index (χ0v) is 20.2. The van der Waals surface area contributed by atoms with Crippen molar-refractivity contribution in [2.75, 3.05) is 33.4 Å². The van der Waals surface area contributed by atoms with Crippen LogP contribution in [0.5, 0.6) is 5.75 Å². The van der Waals surface area contributed by atoms with Gasteiger partial charge in [0.05, 0.1) is 25.2 Å². The van der Waals surface area contributed by atoms with Crippen LogP contribution in [0.15, 0.2) is 23.4 Å². The van der Waals surface area contributed by atoms with Gasteiger partial charge in [-0.2, -0.15) is 4.31 Å². The van der Waals surface area contributed by atoms with E-state index >= 15 is 0 Å². The molecule has 0 saturated carbocycles. The fourth-order valence-corrected chi connectivity index (χ4v) is 6.76. The Balaban J connectivity index is 1.41. The summed E-state index contributed by atoms with van der Waals surface area (Å²) in [6.45, 7) is 5.75. The van der Waals surface area contributed by atoms with Crippen LogP contribution < -0.4 is 4.74 Å². The summed E-state index contributed by atoms with van der Waals surface area (Å²) < 4.78 is 41.7. The minimum Gasteiger partial charge on any atom is -0.497 e. The molecule has 4 rings (SSSR count). The zero-order valence-electron chi connectivity index (χ0n) is 19.4. The predicted octanol–water partition coefficient (Wildman–Crippen LogP) is 1.51. The van der Waals surface area contributed by atoms with Gasteiger partial charge < -0.3 is 18.9 Å². The molecule has 1 amide bonds. The first-order valence-corrected chi connectivity index (χ1v) is 12.6. The highest BCUT2D eigenvalue weighted by molar-refractivity contribution is 7.89. The maximum atomic E-state index is 13.6. The number of rotatable bonds is 7. The third kappa shape index (κ3) is 4.90. The summed E-state index contributed by atoms with van der Waals surface area (Å²) in [6, 6.07) is 3.18. The van der Waals surface area contributed by atoms with E-state index < -0.39 is 10.0 Å². The molecular formula is C22H31N5O5S. The molecule has 2 aromatic rings. The Morgan fingerprint density at radius 1 is 1.15 bits per heavy atom. The lowest BCUT2D eigenvalue weighted by molar-refractivity contribution is -0.138. The summed E-state index contributed by atoms with van der Waals surface area (Å²) >= 11 is 0. The van der Waals surface area contributed by atoms with Gasteiger partial charge in [0.2, 0.25) is 15.9 Å². The summed E-state index contributed by atoms with van der Waals surface area (Å²) in [4.78, 5) is 14.6.